The summed E-state index contributed by atoms with van der Waals surface area (Å²) in [4.78, 5) is 4.07. The molecular weight excluding hydrogens is 240 g/mol. The van der Waals surface area contributed by atoms with Gasteiger partial charge < -0.3 is 15.2 Å². The van der Waals surface area contributed by atoms with Gasteiger partial charge in [-0.15, -0.1) is 0 Å². The smallest absolute Gasteiger partial charge is 0.124 e. The average Bonchev–Trinajstić information content (AvgIpc) is 2.48. The Morgan fingerprint density at radius 3 is 2.84 bits per heavy atom. The van der Waals surface area contributed by atoms with Gasteiger partial charge in [0.2, 0.25) is 0 Å². The molecule has 0 aliphatic rings. The van der Waals surface area contributed by atoms with Crippen molar-refractivity contribution in [3.05, 3.63) is 53.9 Å². The van der Waals surface area contributed by atoms with E-state index in [9.17, 15) is 0 Å². The minimum atomic E-state index is 0.430. The Balaban J connectivity index is 1.96. The van der Waals surface area contributed by atoms with Crippen LogP contribution >= 0.6 is 0 Å². The van der Waals surface area contributed by atoms with Gasteiger partial charge in [-0.25, -0.2) is 0 Å². The maximum Gasteiger partial charge on any atom is 0.124 e. The van der Waals surface area contributed by atoms with E-state index in [1.165, 1.54) is 0 Å². The molecule has 4 heteroatoms. The third-order valence-electron chi connectivity index (χ3n) is 2.86. The summed E-state index contributed by atoms with van der Waals surface area (Å²) in [5.41, 5.74) is 7.82. The molecule has 2 N–H and O–H groups in total. The Bertz CT molecular complexity index is 515. The molecule has 0 spiro atoms. The Labute approximate surface area is 113 Å². The van der Waals surface area contributed by atoms with Crippen molar-refractivity contribution in [3.63, 3.8) is 0 Å². The van der Waals surface area contributed by atoms with Gasteiger partial charge in [-0.05, 0) is 29.8 Å². The molecule has 100 valence electrons. The maximum absolute atomic E-state index is 5.77. The lowest BCUT2D eigenvalue weighted by molar-refractivity contribution is 0.317. The lowest BCUT2D eigenvalue weighted by Crippen LogP contribution is -2.06. The number of benzene rings is 1. The van der Waals surface area contributed by atoms with Crippen LogP contribution in [0.1, 0.15) is 11.1 Å². The maximum atomic E-state index is 5.77. The molecule has 0 aliphatic carbocycles. The van der Waals surface area contributed by atoms with Gasteiger partial charge in [0.15, 0.2) is 0 Å². The quantitative estimate of drug-likeness (QED) is 0.862. The lowest BCUT2D eigenvalue weighted by atomic mass is 10.2. The first-order valence-corrected chi connectivity index (χ1v) is 6.22. The number of methoxy groups -OCH3 is 1. The Kier molecular flexibility index (Phi) is 4.75. The highest BCUT2D eigenvalue weighted by Gasteiger charge is 2.04. The molecule has 1 aromatic heterocycles. The fraction of sp³-hybridized carbons (Fsp3) is 0.267. The number of ether oxygens (including phenoxy) is 2. The van der Waals surface area contributed by atoms with E-state index >= 15 is 0 Å². The molecule has 2 aromatic rings. The first-order valence-electron chi connectivity index (χ1n) is 6.22. The van der Waals surface area contributed by atoms with Crippen LogP contribution in [0.15, 0.2) is 42.7 Å². The van der Waals surface area contributed by atoms with Crippen LogP contribution in [0.4, 0.5) is 0 Å². The molecule has 4 nitrogen and oxygen atoms in total. The summed E-state index contributed by atoms with van der Waals surface area (Å²) in [6.07, 6.45) is 4.44. The third kappa shape index (κ3) is 3.69. The highest BCUT2D eigenvalue weighted by molar-refractivity contribution is 5.40. The third-order valence-corrected chi connectivity index (χ3v) is 2.86. The number of aromatic nitrogens is 1. The molecule has 2 rings (SSSR count). The SMILES string of the molecule is COc1ccc(OCCc2cccnc2)c(CN)c1. The van der Waals surface area contributed by atoms with Crippen molar-refractivity contribution in [1.29, 1.82) is 0 Å². The van der Waals surface area contributed by atoms with E-state index in [0.717, 1.165) is 29.0 Å². The van der Waals surface area contributed by atoms with E-state index in [0.29, 0.717) is 13.2 Å². The van der Waals surface area contributed by atoms with Gasteiger partial charge in [-0.3, -0.25) is 4.98 Å². The Hall–Kier alpha value is -2.07. The zero-order chi connectivity index (χ0) is 13.5. The fourth-order valence-corrected chi connectivity index (χ4v) is 1.81. The fourth-order valence-electron chi connectivity index (χ4n) is 1.81. The van der Waals surface area contributed by atoms with Gasteiger partial charge in [-0.2, -0.15) is 0 Å². The van der Waals surface area contributed by atoms with E-state index in [1.54, 1.807) is 13.3 Å². The normalized spacial score (nSPS) is 10.2. The van der Waals surface area contributed by atoms with Crippen molar-refractivity contribution in [2.24, 2.45) is 5.73 Å². The van der Waals surface area contributed by atoms with Crippen LogP contribution in [0.2, 0.25) is 0 Å². The summed E-state index contributed by atoms with van der Waals surface area (Å²) in [7, 11) is 1.64. The van der Waals surface area contributed by atoms with Gasteiger partial charge in [-0.1, -0.05) is 6.07 Å². The van der Waals surface area contributed by atoms with Crippen molar-refractivity contribution in [1.82, 2.24) is 4.98 Å². The highest BCUT2D eigenvalue weighted by atomic mass is 16.5. The standard InChI is InChI=1S/C15H18N2O2/c1-18-14-4-5-15(13(9-14)10-16)19-8-6-12-3-2-7-17-11-12/h2-5,7,9,11H,6,8,10,16H2,1H3. The zero-order valence-electron chi connectivity index (χ0n) is 11.0. The van der Waals surface area contributed by atoms with E-state index < -0.39 is 0 Å². The van der Waals surface area contributed by atoms with Gasteiger partial charge in [0.05, 0.1) is 13.7 Å². The van der Waals surface area contributed by atoms with Crippen molar-refractivity contribution < 1.29 is 9.47 Å². The summed E-state index contributed by atoms with van der Waals surface area (Å²) in [5, 5.41) is 0. The number of hydrogen-bond donors (Lipinski definition) is 1. The number of nitrogens with zero attached hydrogens (tertiary/aromatic N) is 1. The highest BCUT2D eigenvalue weighted by Crippen LogP contribution is 2.23. The summed E-state index contributed by atoms with van der Waals surface area (Å²) >= 11 is 0. The monoisotopic (exact) mass is 258 g/mol. The van der Waals surface area contributed by atoms with E-state index in [-0.39, 0.29) is 0 Å². The predicted octanol–water partition coefficient (Wildman–Crippen LogP) is 2.17. The number of pyridine rings is 1. The van der Waals surface area contributed by atoms with Crippen molar-refractivity contribution in [2.45, 2.75) is 13.0 Å². The Morgan fingerprint density at radius 2 is 2.16 bits per heavy atom. The van der Waals surface area contributed by atoms with Crippen LogP contribution < -0.4 is 15.2 Å². The van der Waals surface area contributed by atoms with Crippen molar-refractivity contribution in [2.75, 3.05) is 13.7 Å². The topological polar surface area (TPSA) is 57.4 Å². The minimum Gasteiger partial charge on any atom is -0.497 e. The second-order valence-electron chi connectivity index (χ2n) is 4.14. The molecule has 0 unspecified atom stereocenters. The molecule has 0 aliphatic heterocycles. The van der Waals surface area contributed by atoms with Crippen LogP contribution in [0.3, 0.4) is 0 Å². The van der Waals surface area contributed by atoms with Crippen molar-refractivity contribution >= 4 is 0 Å². The average molecular weight is 258 g/mol. The molecule has 1 aromatic carbocycles. The van der Waals surface area contributed by atoms with Crippen LogP contribution in [0, 0.1) is 0 Å². The summed E-state index contributed by atoms with van der Waals surface area (Å²) in [5.74, 6) is 1.60. The Morgan fingerprint density at radius 1 is 1.26 bits per heavy atom. The van der Waals surface area contributed by atoms with Gasteiger partial charge in [0.25, 0.3) is 0 Å². The van der Waals surface area contributed by atoms with Crippen LogP contribution in [0.25, 0.3) is 0 Å². The first kappa shape index (κ1) is 13.4. The van der Waals surface area contributed by atoms with E-state index in [1.807, 2.05) is 36.5 Å². The molecule has 0 amide bonds. The molecular formula is C15H18N2O2. The molecule has 1 heterocycles. The summed E-state index contributed by atoms with van der Waals surface area (Å²) in [6, 6.07) is 9.63. The second kappa shape index (κ2) is 6.75. The zero-order valence-corrected chi connectivity index (χ0v) is 11.0. The van der Waals surface area contributed by atoms with Gasteiger partial charge >= 0.3 is 0 Å². The molecule has 0 saturated heterocycles. The van der Waals surface area contributed by atoms with E-state index in [2.05, 4.69) is 4.98 Å². The summed E-state index contributed by atoms with van der Waals surface area (Å²) < 4.78 is 10.9. The number of nitrogens with two attached hydrogens (primary N) is 1. The van der Waals surface area contributed by atoms with Crippen LogP contribution in [0.5, 0.6) is 11.5 Å². The molecule has 19 heavy (non-hydrogen) atoms. The van der Waals surface area contributed by atoms with Crippen LogP contribution in [-0.4, -0.2) is 18.7 Å². The van der Waals surface area contributed by atoms with Crippen LogP contribution in [-0.2, 0) is 13.0 Å². The molecule has 0 bridgehead atoms. The largest absolute Gasteiger partial charge is 0.497 e. The molecule has 0 fully saturated rings. The molecule has 0 atom stereocenters. The second-order valence-corrected chi connectivity index (χ2v) is 4.14. The van der Waals surface area contributed by atoms with Gasteiger partial charge in [0.1, 0.15) is 11.5 Å². The number of rotatable bonds is 6. The van der Waals surface area contributed by atoms with E-state index in [4.69, 9.17) is 15.2 Å². The first-order chi connectivity index (χ1) is 9.33. The number of hydrogen-bond acceptors (Lipinski definition) is 4. The molecule has 0 saturated carbocycles. The lowest BCUT2D eigenvalue weighted by Gasteiger charge is -2.11. The predicted molar refractivity (Wildman–Crippen MR) is 74.3 cm³/mol. The van der Waals surface area contributed by atoms with Crippen molar-refractivity contribution in [3.8, 4) is 11.5 Å². The minimum absolute atomic E-state index is 0.430. The summed E-state index contributed by atoms with van der Waals surface area (Å²) in [6.45, 7) is 1.03. The molecule has 0 radical (unpaired) electrons. The van der Waals surface area contributed by atoms with Gasteiger partial charge in [0, 0.05) is 30.9 Å².